The summed E-state index contributed by atoms with van der Waals surface area (Å²) in [6, 6.07) is 5.70. The molecule has 0 saturated carbocycles. The number of hydrogen-bond donors (Lipinski definition) is 10. The number of fused-ring (bicyclic) bond motifs is 3. The molecule has 0 saturated heterocycles. The lowest BCUT2D eigenvalue weighted by Crippen LogP contribution is -2.63. The Balaban J connectivity index is 1.48. The Morgan fingerprint density at radius 2 is 1.67 bits per heavy atom. The lowest BCUT2D eigenvalue weighted by Gasteiger charge is -2.50. The van der Waals surface area contributed by atoms with Crippen molar-refractivity contribution in [2.75, 3.05) is 38.4 Å². The van der Waals surface area contributed by atoms with Crippen LogP contribution in [0, 0.1) is 11.8 Å². The number of carbonyl (C=O) groups excluding carboxylic acids is 4. The van der Waals surface area contributed by atoms with Crippen molar-refractivity contribution in [1.82, 2.24) is 10.2 Å². The molecule has 3 aliphatic carbocycles. The summed E-state index contributed by atoms with van der Waals surface area (Å²) < 4.78 is 0. The van der Waals surface area contributed by atoms with Gasteiger partial charge in [0, 0.05) is 49.1 Å². The third-order valence-electron chi connectivity index (χ3n) is 9.35. The summed E-state index contributed by atoms with van der Waals surface area (Å²) in [6.07, 6.45) is -0.407. The molecule has 0 bridgehead atoms. The van der Waals surface area contributed by atoms with E-state index < -0.39 is 82.2 Å². The van der Waals surface area contributed by atoms with Crippen LogP contribution in [0.5, 0.6) is 5.75 Å². The van der Waals surface area contributed by atoms with Gasteiger partial charge < -0.3 is 57.0 Å². The maximum atomic E-state index is 14.2. The molecule has 4 atom stereocenters. The van der Waals surface area contributed by atoms with E-state index >= 15 is 0 Å². The first-order valence-corrected chi connectivity index (χ1v) is 15.3. The Morgan fingerprint density at radius 1 is 1.04 bits per heavy atom. The number of aliphatic hydroxyl groups excluding tert-OH is 2. The van der Waals surface area contributed by atoms with Gasteiger partial charge >= 0.3 is 6.03 Å². The molecular formula is C33H39N5O11. The van der Waals surface area contributed by atoms with Crippen molar-refractivity contribution in [2.24, 2.45) is 17.6 Å². The van der Waals surface area contributed by atoms with E-state index in [9.17, 15) is 39.6 Å². The normalized spacial score (nSPS) is 23.6. The standard InChI is InChI=1S/C33H39N5O11/c1-37(2)20-11-16(13-35-31(45)36-17-7-5-14(6-8-17)12-32(46,47)48)25(39)22-18(20)9-15-10-19-24(38(3)4)27(41)23(30(34)44)29(43)33(19,49)28(42)21(15)26(22)40/h5-8,11,15,19,24,39,41-42,46-49H,9-10,12-13H2,1-4H3,(H2,34,44)(H2,35,36,45)/t15?,19-,24+,33-/m0/s1. The van der Waals surface area contributed by atoms with E-state index in [0.29, 0.717) is 22.5 Å². The van der Waals surface area contributed by atoms with Crippen LogP contribution in [0.25, 0.3) is 0 Å². The second-order valence-corrected chi connectivity index (χ2v) is 13.1. The summed E-state index contributed by atoms with van der Waals surface area (Å²) in [4.78, 5) is 55.9. The fraction of sp³-hybridized carbons (Fsp3) is 0.394. The molecule has 49 heavy (non-hydrogen) atoms. The molecule has 262 valence electrons. The fourth-order valence-electron chi connectivity index (χ4n) is 7.22. The number of likely N-dealkylation sites (N-methyl/N-ethyl adjacent to an activating group) is 1. The van der Waals surface area contributed by atoms with Crippen molar-refractivity contribution in [3.63, 3.8) is 0 Å². The first kappa shape index (κ1) is 35.3. The number of nitrogens with two attached hydrogens (primary N) is 1. The van der Waals surface area contributed by atoms with Gasteiger partial charge in [0.15, 0.2) is 11.4 Å². The average molecular weight is 682 g/mol. The molecule has 3 aliphatic rings. The quantitative estimate of drug-likeness (QED) is 0.127. The smallest absolute Gasteiger partial charge is 0.319 e. The van der Waals surface area contributed by atoms with E-state index in [1.807, 2.05) is 0 Å². The number of primary amides is 1. The van der Waals surface area contributed by atoms with Crippen LogP contribution in [-0.2, 0) is 29.0 Å². The number of ketones is 2. The monoisotopic (exact) mass is 681 g/mol. The molecule has 0 radical (unpaired) electrons. The molecule has 0 spiro atoms. The van der Waals surface area contributed by atoms with Crippen molar-refractivity contribution >= 4 is 34.9 Å². The van der Waals surface area contributed by atoms with Crippen molar-refractivity contribution < 1.29 is 54.9 Å². The van der Waals surface area contributed by atoms with Crippen molar-refractivity contribution in [3.8, 4) is 5.75 Å². The lowest BCUT2D eigenvalue weighted by molar-refractivity contribution is -0.309. The topological polar surface area (TPSA) is 266 Å². The summed E-state index contributed by atoms with van der Waals surface area (Å²) >= 11 is 0. The van der Waals surface area contributed by atoms with Gasteiger partial charge in [-0.3, -0.25) is 19.3 Å². The average Bonchev–Trinajstić information content (AvgIpc) is 2.98. The molecule has 1 unspecified atom stereocenters. The van der Waals surface area contributed by atoms with Gasteiger partial charge in [-0.25, -0.2) is 4.79 Å². The van der Waals surface area contributed by atoms with Crippen molar-refractivity contribution in [3.05, 3.63) is 75.3 Å². The van der Waals surface area contributed by atoms with Crippen molar-refractivity contribution in [1.29, 1.82) is 0 Å². The highest BCUT2D eigenvalue weighted by Gasteiger charge is 2.63. The van der Waals surface area contributed by atoms with E-state index in [1.54, 1.807) is 39.2 Å². The molecular weight excluding hydrogens is 642 g/mol. The second kappa shape index (κ2) is 12.5. The van der Waals surface area contributed by atoms with Crippen LogP contribution in [0.3, 0.4) is 0 Å². The summed E-state index contributed by atoms with van der Waals surface area (Å²) in [5.74, 6) is -10.4. The van der Waals surface area contributed by atoms with Crippen LogP contribution in [0.15, 0.2) is 53.0 Å². The number of carbonyl (C=O) groups is 4. The predicted molar refractivity (Wildman–Crippen MR) is 173 cm³/mol. The third kappa shape index (κ3) is 6.08. The molecule has 0 aromatic heterocycles. The largest absolute Gasteiger partial charge is 0.510 e. The summed E-state index contributed by atoms with van der Waals surface area (Å²) in [7, 11) is 6.55. The van der Waals surface area contributed by atoms with Gasteiger partial charge in [0.25, 0.3) is 11.9 Å². The maximum Gasteiger partial charge on any atom is 0.319 e. The Labute approximate surface area is 280 Å². The van der Waals surface area contributed by atoms with Gasteiger partial charge in [0.2, 0.25) is 5.78 Å². The number of nitrogens with one attached hydrogen (secondary N) is 2. The van der Waals surface area contributed by atoms with Gasteiger partial charge in [-0.1, -0.05) is 12.1 Å². The maximum absolute atomic E-state index is 14.2. The number of aromatic hydroxyl groups is 1. The van der Waals surface area contributed by atoms with E-state index in [2.05, 4.69) is 10.6 Å². The number of amides is 3. The van der Waals surface area contributed by atoms with E-state index in [0.717, 1.165) is 0 Å². The zero-order valence-electron chi connectivity index (χ0n) is 27.2. The SMILES string of the molecule is CN(C)c1cc(CNC(=O)Nc2ccc(CC(O)(O)O)cc2)c(O)c2c1CC1C[C@H]3[C@@H](N(C)C)C(O)=C(C(N)=O)C(=O)[C@@]3(O)C(O)=C1C2=O. The molecule has 16 nitrogen and oxygen atoms in total. The number of hydrogen-bond acceptors (Lipinski definition) is 13. The first-order chi connectivity index (χ1) is 22.8. The molecule has 3 amide bonds. The van der Waals surface area contributed by atoms with Crippen LogP contribution in [0.1, 0.15) is 33.5 Å². The highest BCUT2D eigenvalue weighted by atomic mass is 16.7. The summed E-state index contributed by atoms with van der Waals surface area (Å²) in [6.45, 7) is -0.255. The minimum atomic E-state index is -2.89. The number of rotatable bonds is 8. The molecule has 11 N–H and O–H groups in total. The number of urea groups is 1. The Morgan fingerprint density at radius 3 is 2.22 bits per heavy atom. The number of Topliss-reactive ketones (excluding diaryl/α,β-unsaturated/α-hetero) is 2. The number of aliphatic hydroxyl groups is 6. The number of allylic oxidation sites excluding steroid dienone is 1. The van der Waals surface area contributed by atoms with Gasteiger partial charge in [-0.05, 0) is 62.2 Å². The summed E-state index contributed by atoms with van der Waals surface area (Å²) in [5, 5.41) is 78.4. The zero-order valence-corrected chi connectivity index (χ0v) is 27.2. The number of anilines is 2. The highest BCUT2D eigenvalue weighted by Crippen LogP contribution is 2.53. The third-order valence-corrected chi connectivity index (χ3v) is 9.35. The van der Waals surface area contributed by atoms with Crippen LogP contribution >= 0.6 is 0 Å². The van der Waals surface area contributed by atoms with E-state index in [4.69, 9.17) is 21.1 Å². The minimum absolute atomic E-state index is 0.0509. The number of benzene rings is 2. The zero-order chi connectivity index (χ0) is 36.3. The van der Waals surface area contributed by atoms with Crippen LogP contribution in [0.4, 0.5) is 16.2 Å². The first-order valence-electron chi connectivity index (χ1n) is 15.3. The van der Waals surface area contributed by atoms with Gasteiger partial charge in [0.05, 0.1) is 18.0 Å². The van der Waals surface area contributed by atoms with E-state index in [1.165, 1.54) is 29.2 Å². The number of phenolic OH excluding ortho intramolecular Hbond substituents is 1. The summed E-state index contributed by atoms with van der Waals surface area (Å²) in [5.41, 5.74) is 3.07. The van der Waals surface area contributed by atoms with Crippen LogP contribution in [0.2, 0.25) is 0 Å². The molecule has 16 heteroatoms. The Bertz CT molecular complexity index is 1810. The fourth-order valence-corrected chi connectivity index (χ4v) is 7.22. The lowest BCUT2D eigenvalue weighted by atomic mass is 9.58. The molecule has 0 aliphatic heterocycles. The van der Waals surface area contributed by atoms with Crippen LogP contribution < -0.4 is 21.3 Å². The molecule has 2 aromatic rings. The van der Waals surface area contributed by atoms with Gasteiger partial charge in [0.1, 0.15) is 22.8 Å². The second-order valence-electron chi connectivity index (χ2n) is 13.1. The van der Waals surface area contributed by atoms with E-state index in [-0.39, 0.29) is 36.1 Å². The predicted octanol–water partition coefficient (Wildman–Crippen LogP) is -0.318. The van der Waals surface area contributed by atoms with Gasteiger partial charge in [-0.15, -0.1) is 0 Å². The van der Waals surface area contributed by atoms with Gasteiger partial charge in [-0.2, -0.15) is 0 Å². The highest BCUT2D eigenvalue weighted by molar-refractivity contribution is 6.25. The molecule has 0 heterocycles. The molecule has 2 aromatic carbocycles. The van der Waals surface area contributed by atoms with Crippen LogP contribution in [-0.4, -0.2) is 110 Å². The number of nitrogens with zero attached hydrogens (tertiary/aromatic N) is 2. The Hall–Kier alpha value is -5.00. The minimum Gasteiger partial charge on any atom is -0.510 e. The number of phenols is 1. The Kier molecular flexibility index (Phi) is 8.98. The van der Waals surface area contributed by atoms with Crippen molar-refractivity contribution in [2.45, 2.75) is 43.4 Å². The molecule has 0 fully saturated rings. The molecule has 5 rings (SSSR count).